The van der Waals surface area contributed by atoms with E-state index in [1.807, 2.05) is 6.07 Å². The Morgan fingerprint density at radius 2 is 1.94 bits per heavy atom. The van der Waals surface area contributed by atoms with Crippen LogP contribution in [0.3, 0.4) is 0 Å². The Labute approximate surface area is 116 Å². The Kier molecular flexibility index (Phi) is 6.04. The van der Waals surface area contributed by atoms with Gasteiger partial charge in [0, 0.05) is 4.47 Å². The van der Waals surface area contributed by atoms with Gasteiger partial charge in [-0.3, -0.25) is 4.57 Å². The third-order valence-corrected chi connectivity index (χ3v) is 4.97. The van der Waals surface area contributed by atoms with E-state index in [2.05, 4.69) is 15.9 Å². The van der Waals surface area contributed by atoms with Crippen LogP contribution in [-0.4, -0.2) is 13.2 Å². The van der Waals surface area contributed by atoms with Crippen molar-refractivity contribution in [3.63, 3.8) is 0 Å². The van der Waals surface area contributed by atoms with Gasteiger partial charge in [-0.15, -0.1) is 0 Å². The average Bonchev–Trinajstić information content (AvgIpc) is 2.32. The molecule has 0 fully saturated rings. The maximum atomic E-state index is 12.4. The second kappa shape index (κ2) is 7.06. The second-order valence-electron chi connectivity index (χ2n) is 3.52. The minimum Gasteiger partial charge on any atom is -0.309 e. The highest BCUT2D eigenvalue weighted by atomic mass is 79.9. The van der Waals surface area contributed by atoms with Crippen LogP contribution in [0.2, 0.25) is 0 Å². The number of benzene rings is 1. The molecule has 6 heteroatoms. The van der Waals surface area contributed by atoms with E-state index in [4.69, 9.17) is 14.3 Å². The normalized spacial score (nSPS) is 11.2. The standard InChI is InChI=1S/C12H15BrNO3P/c1-3-16-18(15,17-4-2)9-11-6-5-10(8-14)7-12(11)13/h5-7H,3-4,9H2,1-2H3. The number of hydrogen-bond acceptors (Lipinski definition) is 4. The van der Waals surface area contributed by atoms with Crippen LogP contribution < -0.4 is 0 Å². The van der Waals surface area contributed by atoms with Crippen LogP contribution in [0.15, 0.2) is 22.7 Å². The smallest absolute Gasteiger partial charge is 0.309 e. The predicted octanol–water partition coefficient (Wildman–Crippen LogP) is 4.09. The van der Waals surface area contributed by atoms with E-state index in [0.29, 0.717) is 18.8 Å². The molecule has 0 aliphatic carbocycles. The molecule has 0 N–H and O–H groups in total. The van der Waals surface area contributed by atoms with Gasteiger partial charge in [-0.2, -0.15) is 5.26 Å². The molecule has 0 bridgehead atoms. The average molecular weight is 332 g/mol. The molecule has 1 aromatic rings. The highest BCUT2D eigenvalue weighted by Crippen LogP contribution is 2.52. The Balaban J connectivity index is 2.95. The van der Waals surface area contributed by atoms with Gasteiger partial charge in [-0.25, -0.2) is 0 Å². The van der Waals surface area contributed by atoms with E-state index in [0.717, 1.165) is 10.0 Å². The molecule has 0 saturated heterocycles. The van der Waals surface area contributed by atoms with Gasteiger partial charge in [-0.05, 0) is 31.5 Å². The molecule has 0 saturated carbocycles. The van der Waals surface area contributed by atoms with E-state index in [-0.39, 0.29) is 6.16 Å². The molecule has 18 heavy (non-hydrogen) atoms. The van der Waals surface area contributed by atoms with Crippen LogP contribution in [0.5, 0.6) is 0 Å². The van der Waals surface area contributed by atoms with Crippen molar-refractivity contribution in [2.24, 2.45) is 0 Å². The number of hydrogen-bond donors (Lipinski definition) is 0. The SMILES string of the molecule is CCOP(=O)(Cc1ccc(C#N)cc1Br)OCC. The molecule has 98 valence electrons. The summed E-state index contributed by atoms with van der Waals surface area (Å²) in [5.41, 5.74) is 1.35. The van der Waals surface area contributed by atoms with Gasteiger partial charge in [-0.1, -0.05) is 22.0 Å². The third kappa shape index (κ3) is 4.22. The van der Waals surface area contributed by atoms with Crippen LogP contribution in [0.1, 0.15) is 25.0 Å². The number of halogens is 1. The van der Waals surface area contributed by atoms with Crippen molar-refractivity contribution in [1.82, 2.24) is 0 Å². The van der Waals surface area contributed by atoms with Crippen molar-refractivity contribution in [1.29, 1.82) is 5.26 Å². The summed E-state index contributed by atoms with van der Waals surface area (Å²) in [6.45, 7) is 4.23. The van der Waals surface area contributed by atoms with Crippen molar-refractivity contribution >= 4 is 23.5 Å². The lowest BCUT2D eigenvalue weighted by Gasteiger charge is -2.17. The highest BCUT2D eigenvalue weighted by molar-refractivity contribution is 9.10. The lowest BCUT2D eigenvalue weighted by Crippen LogP contribution is -1.99. The molecule has 0 aromatic heterocycles. The Morgan fingerprint density at radius 1 is 1.33 bits per heavy atom. The summed E-state index contributed by atoms with van der Waals surface area (Å²) in [5.74, 6) is 0. The van der Waals surface area contributed by atoms with Gasteiger partial charge in [0.15, 0.2) is 0 Å². The summed E-state index contributed by atoms with van der Waals surface area (Å²) in [4.78, 5) is 0. The van der Waals surface area contributed by atoms with E-state index < -0.39 is 7.60 Å². The maximum Gasteiger partial charge on any atom is 0.335 e. The van der Waals surface area contributed by atoms with Crippen LogP contribution in [0.4, 0.5) is 0 Å². The fraction of sp³-hybridized carbons (Fsp3) is 0.417. The van der Waals surface area contributed by atoms with E-state index in [9.17, 15) is 4.57 Å². The van der Waals surface area contributed by atoms with Crippen molar-refractivity contribution < 1.29 is 13.6 Å². The van der Waals surface area contributed by atoms with Gasteiger partial charge in [0.1, 0.15) is 0 Å². The molecule has 0 unspecified atom stereocenters. The van der Waals surface area contributed by atoms with Crippen molar-refractivity contribution in [2.75, 3.05) is 13.2 Å². The topological polar surface area (TPSA) is 59.3 Å². The van der Waals surface area contributed by atoms with Gasteiger partial charge >= 0.3 is 7.60 Å². The fourth-order valence-corrected chi connectivity index (χ4v) is 3.95. The lowest BCUT2D eigenvalue weighted by atomic mass is 10.2. The molecule has 1 aromatic carbocycles. The Morgan fingerprint density at radius 3 is 2.39 bits per heavy atom. The first-order valence-corrected chi connectivity index (χ1v) is 8.13. The lowest BCUT2D eigenvalue weighted by molar-refractivity contribution is 0.219. The first kappa shape index (κ1) is 15.4. The van der Waals surface area contributed by atoms with Crippen molar-refractivity contribution in [3.8, 4) is 6.07 Å². The summed E-state index contributed by atoms with van der Waals surface area (Å²) in [7, 11) is -3.10. The zero-order valence-corrected chi connectivity index (χ0v) is 12.8. The molecular weight excluding hydrogens is 317 g/mol. The molecule has 0 aliphatic heterocycles. The Hall–Kier alpha value is -0.660. The molecular formula is C12H15BrNO3P. The molecule has 0 heterocycles. The number of nitriles is 1. The van der Waals surface area contributed by atoms with E-state index in [1.165, 1.54) is 0 Å². The van der Waals surface area contributed by atoms with Gasteiger partial charge in [0.25, 0.3) is 0 Å². The summed E-state index contributed by atoms with van der Waals surface area (Å²) in [5, 5.41) is 8.78. The Bertz CT molecular complexity index is 489. The summed E-state index contributed by atoms with van der Waals surface area (Å²) < 4.78 is 23.6. The highest BCUT2D eigenvalue weighted by Gasteiger charge is 2.25. The fourth-order valence-electron chi connectivity index (χ4n) is 1.48. The molecule has 0 radical (unpaired) electrons. The van der Waals surface area contributed by atoms with Crippen LogP contribution in [0.25, 0.3) is 0 Å². The van der Waals surface area contributed by atoms with Crippen LogP contribution in [-0.2, 0) is 19.8 Å². The number of rotatable bonds is 6. The minimum absolute atomic E-state index is 0.195. The summed E-state index contributed by atoms with van der Waals surface area (Å²) in [6, 6.07) is 7.18. The quantitative estimate of drug-likeness (QED) is 0.736. The van der Waals surface area contributed by atoms with E-state index in [1.54, 1.807) is 32.0 Å². The summed E-state index contributed by atoms with van der Waals surface area (Å²) in [6.07, 6.45) is 0.195. The van der Waals surface area contributed by atoms with Gasteiger partial charge in [0.05, 0.1) is 31.0 Å². The first-order valence-electron chi connectivity index (χ1n) is 5.61. The number of nitrogens with zero attached hydrogens (tertiary/aromatic N) is 1. The summed E-state index contributed by atoms with van der Waals surface area (Å²) >= 11 is 3.36. The zero-order valence-electron chi connectivity index (χ0n) is 10.4. The molecule has 0 aliphatic rings. The molecule has 4 nitrogen and oxygen atoms in total. The maximum absolute atomic E-state index is 12.4. The predicted molar refractivity (Wildman–Crippen MR) is 73.4 cm³/mol. The first-order chi connectivity index (χ1) is 8.54. The monoisotopic (exact) mass is 331 g/mol. The van der Waals surface area contributed by atoms with Gasteiger partial charge < -0.3 is 9.05 Å². The minimum atomic E-state index is -3.10. The molecule has 0 spiro atoms. The van der Waals surface area contributed by atoms with Crippen molar-refractivity contribution in [3.05, 3.63) is 33.8 Å². The van der Waals surface area contributed by atoms with E-state index >= 15 is 0 Å². The molecule has 1 rings (SSSR count). The van der Waals surface area contributed by atoms with Crippen molar-refractivity contribution in [2.45, 2.75) is 20.0 Å². The molecule has 0 amide bonds. The van der Waals surface area contributed by atoms with Gasteiger partial charge in [0.2, 0.25) is 0 Å². The van der Waals surface area contributed by atoms with Crippen LogP contribution >= 0.6 is 23.5 Å². The molecule has 0 atom stereocenters. The zero-order chi connectivity index (χ0) is 13.6. The largest absolute Gasteiger partial charge is 0.335 e. The second-order valence-corrected chi connectivity index (χ2v) is 6.43. The van der Waals surface area contributed by atoms with Crippen LogP contribution in [0, 0.1) is 11.3 Å². The third-order valence-electron chi connectivity index (χ3n) is 2.20.